The van der Waals surface area contributed by atoms with Crippen LogP contribution in [0.3, 0.4) is 0 Å². The number of carbonyl (C=O) groups is 4. The number of ether oxygens (including phenoxy) is 2. The summed E-state index contributed by atoms with van der Waals surface area (Å²) in [6.07, 6.45) is 4.88. The number of amides is 3. The minimum atomic E-state index is -0.995. The van der Waals surface area contributed by atoms with E-state index in [0.29, 0.717) is 37.6 Å². The van der Waals surface area contributed by atoms with E-state index in [9.17, 15) is 19.2 Å². The van der Waals surface area contributed by atoms with Crippen LogP contribution in [0.1, 0.15) is 72.6 Å². The monoisotopic (exact) mass is 477 g/mol. The average molecular weight is 478 g/mol. The normalized spacial score (nSPS) is 34.6. The lowest BCUT2D eigenvalue weighted by molar-refractivity contribution is -0.148. The van der Waals surface area contributed by atoms with Crippen molar-refractivity contribution in [3.63, 3.8) is 0 Å². The molecule has 1 heterocycles. The Bertz CT molecular complexity index is 844. The van der Waals surface area contributed by atoms with E-state index in [1.165, 1.54) is 13.5 Å². The number of rotatable bonds is 7. The van der Waals surface area contributed by atoms with E-state index < -0.39 is 35.1 Å². The van der Waals surface area contributed by atoms with Gasteiger partial charge in [-0.2, -0.15) is 0 Å². The molecule has 1 aliphatic heterocycles. The van der Waals surface area contributed by atoms with Gasteiger partial charge in [-0.15, -0.1) is 0 Å². The van der Waals surface area contributed by atoms with E-state index in [2.05, 4.69) is 10.6 Å². The van der Waals surface area contributed by atoms with Gasteiger partial charge in [-0.05, 0) is 61.7 Å². The second kappa shape index (κ2) is 9.04. The highest BCUT2D eigenvalue weighted by atomic mass is 16.6. The van der Waals surface area contributed by atoms with Crippen LogP contribution in [0.5, 0.6) is 0 Å². The van der Waals surface area contributed by atoms with Crippen molar-refractivity contribution in [1.82, 2.24) is 15.5 Å². The third kappa shape index (κ3) is 4.75. The van der Waals surface area contributed by atoms with Gasteiger partial charge in [0.15, 0.2) is 0 Å². The number of likely N-dealkylation sites (tertiary alicyclic amines) is 1. The highest BCUT2D eigenvalue weighted by Crippen LogP contribution is 2.52. The fraction of sp³-hybridized carbons (Fsp3) is 0.840. The minimum absolute atomic E-state index is 0.0369. The van der Waals surface area contributed by atoms with Crippen molar-refractivity contribution < 1.29 is 28.7 Å². The van der Waals surface area contributed by atoms with E-state index in [4.69, 9.17) is 9.47 Å². The highest BCUT2D eigenvalue weighted by molar-refractivity contribution is 5.96. The smallest absolute Gasteiger partial charge is 0.408 e. The molecular weight excluding hydrogens is 438 g/mol. The summed E-state index contributed by atoms with van der Waals surface area (Å²) in [5.41, 5.74) is -1.57. The predicted octanol–water partition coefficient (Wildman–Crippen LogP) is 2.37. The number of nitrogens with one attached hydrogen (secondary N) is 2. The first-order valence-corrected chi connectivity index (χ1v) is 12.7. The van der Waals surface area contributed by atoms with Gasteiger partial charge in [-0.3, -0.25) is 9.59 Å². The molecule has 2 N–H and O–H groups in total. The molecule has 9 nitrogen and oxygen atoms in total. The number of hydrogen-bond acceptors (Lipinski definition) is 6. The Labute approximate surface area is 201 Å². The van der Waals surface area contributed by atoms with Crippen molar-refractivity contribution in [1.29, 1.82) is 0 Å². The zero-order valence-electron chi connectivity index (χ0n) is 21.0. The quantitative estimate of drug-likeness (QED) is 0.544. The third-order valence-corrected chi connectivity index (χ3v) is 8.18. The first-order valence-electron chi connectivity index (χ1n) is 12.7. The van der Waals surface area contributed by atoms with Gasteiger partial charge in [0, 0.05) is 6.54 Å². The molecule has 3 amide bonds. The van der Waals surface area contributed by atoms with E-state index in [1.54, 1.807) is 4.90 Å². The largest absolute Gasteiger partial charge is 0.467 e. The zero-order valence-corrected chi connectivity index (χ0v) is 21.0. The standard InChI is InChI=1S/C25H39N3O6/c1-6-16-13-25(16,22(31)33-5)27-20(29)18-8-7-9-28(18)21(30)19(24(2,3)4)26-23(32)34-17-11-14-10-15(14)12-17/h14-19H,6-13H2,1-5H3,(H,26,32)(H,27,29)/t14-,15+,16-,17?,18+,19-,25?/m1/s1. The van der Waals surface area contributed by atoms with E-state index in [0.717, 1.165) is 19.3 Å². The molecule has 1 saturated heterocycles. The van der Waals surface area contributed by atoms with Crippen LogP contribution in [0.2, 0.25) is 0 Å². The molecule has 4 fully saturated rings. The summed E-state index contributed by atoms with van der Waals surface area (Å²) in [6, 6.07) is -1.51. The maximum Gasteiger partial charge on any atom is 0.408 e. The molecule has 0 aromatic carbocycles. The summed E-state index contributed by atoms with van der Waals surface area (Å²) < 4.78 is 10.6. The topological polar surface area (TPSA) is 114 Å². The average Bonchev–Trinajstić information content (AvgIpc) is 3.55. The van der Waals surface area contributed by atoms with Gasteiger partial charge in [0.2, 0.25) is 11.8 Å². The molecule has 0 bridgehead atoms. The van der Waals surface area contributed by atoms with Crippen molar-refractivity contribution in [3.8, 4) is 0 Å². The van der Waals surface area contributed by atoms with Gasteiger partial charge in [-0.1, -0.05) is 34.1 Å². The fourth-order valence-corrected chi connectivity index (χ4v) is 5.94. The van der Waals surface area contributed by atoms with Crippen LogP contribution in [-0.4, -0.2) is 66.2 Å². The summed E-state index contributed by atoms with van der Waals surface area (Å²) in [4.78, 5) is 53.4. The molecule has 4 aliphatic rings. The molecule has 0 aromatic heterocycles. The molecule has 3 aliphatic carbocycles. The first kappa shape index (κ1) is 24.8. The molecule has 3 saturated carbocycles. The van der Waals surface area contributed by atoms with Gasteiger partial charge in [0.05, 0.1) is 7.11 Å². The first-order chi connectivity index (χ1) is 16.0. The summed E-state index contributed by atoms with van der Waals surface area (Å²) in [6.45, 7) is 8.05. The van der Waals surface area contributed by atoms with Crippen molar-refractivity contribution in [2.75, 3.05) is 13.7 Å². The van der Waals surface area contributed by atoms with Crippen LogP contribution in [0.25, 0.3) is 0 Å². The Morgan fingerprint density at radius 3 is 2.35 bits per heavy atom. The Morgan fingerprint density at radius 2 is 1.79 bits per heavy atom. The number of hydrogen-bond donors (Lipinski definition) is 2. The van der Waals surface area contributed by atoms with E-state index in [1.807, 2.05) is 27.7 Å². The van der Waals surface area contributed by atoms with Crippen molar-refractivity contribution >= 4 is 23.9 Å². The third-order valence-electron chi connectivity index (χ3n) is 8.18. The van der Waals surface area contributed by atoms with Crippen LogP contribution in [0, 0.1) is 23.2 Å². The van der Waals surface area contributed by atoms with E-state index >= 15 is 0 Å². The number of alkyl carbamates (subject to hydrolysis) is 1. The lowest BCUT2D eigenvalue weighted by Gasteiger charge is -2.35. The second-order valence-corrected chi connectivity index (χ2v) is 11.6. The lowest BCUT2D eigenvalue weighted by Crippen LogP contribution is -2.59. The zero-order chi connectivity index (χ0) is 24.8. The summed E-state index contributed by atoms with van der Waals surface area (Å²) >= 11 is 0. The van der Waals surface area contributed by atoms with Gasteiger partial charge < -0.3 is 25.0 Å². The van der Waals surface area contributed by atoms with Gasteiger partial charge in [-0.25, -0.2) is 9.59 Å². The minimum Gasteiger partial charge on any atom is -0.467 e. The molecule has 0 radical (unpaired) electrons. The maximum atomic E-state index is 13.6. The van der Waals surface area contributed by atoms with E-state index in [-0.39, 0.29) is 23.8 Å². The SMILES string of the molecule is CC[C@@H]1CC1(NC(=O)[C@@H]1CCCN1C(=O)[C@@H](NC(=O)OC1C[C@@H]2C[C@@H]2C1)C(C)(C)C)C(=O)OC. The Balaban J connectivity index is 1.41. The Kier molecular flexibility index (Phi) is 6.59. The van der Waals surface area contributed by atoms with Crippen molar-refractivity contribution in [2.45, 2.75) is 96.4 Å². The van der Waals surface area contributed by atoms with Crippen LogP contribution < -0.4 is 10.6 Å². The second-order valence-electron chi connectivity index (χ2n) is 11.6. The van der Waals surface area contributed by atoms with Crippen LogP contribution in [0.15, 0.2) is 0 Å². The number of carbonyl (C=O) groups excluding carboxylic acids is 4. The highest BCUT2D eigenvalue weighted by Gasteiger charge is 2.62. The van der Waals surface area contributed by atoms with Crippen LogP contribution in [0.4, 0.5) is 4.79 Å². The summed E-state index contributed by atoms with van der Waals surface area (Å²) in [5, 5.41) is 5.70. The Hall–Kier alpha value is -2.32. The predicted molar refractivity (Wildman–Crippen MR) is 124 cm³/mol. The van der Waals surface area contributed by atoms with Crippen molar-refractivity contribution in [3.05, 3.63) is 0 Å². The molecule has 34 heavy (non-hydrogen) atoms. The molecule has 190 valence electrons. The molecule has 0 aromatic rings. The summed E-state index contributed by atoms with van der Waals surface area (Å²) in [5.74, 6) is 0.335. The molecule has 7 atom stereocenters. The maximum absolute atomic E-state index is 13.6. The summed E-state index contributed by atoms with van der Waals surface area (Å²) in [7, 11) is 1.32. The van der Waals surface area contributed by atoms with Crippen LogP contribution >= 0.6 is 0 Å². The van der Waals surface area contributed by atoms with Gasteiger partial charge >= 0.3 is 12.1 Å². The van der Waals surface area contributed by atoms with Crippen molar-refractivity contribution in [2.24, 2.45) is 23.2 Å². The lowest BCUT2D eigenvalue weighted by atomic mass is 9.85. The molecule has 9 heteroatoms. The molecule has 0 spiro atoms. The molecule has 2 unspecified atom stereocenters. The Morgan fingerprint density at radius 1 is 1.12 bits per heavy atom. The van der Waals surface area contributed by atoms with Crippen LogP contribution in [-0.2, 0) is 23.9 Å². The van der Waals surface area contributed by atoms with Gasteiger partial charge in [0.1, 0.15) is 23.7 Å². The molecule has 4 rings (SSSR count). The van der Waals surface area contributed by atoms with Gasteiger partial charge in [0.25, 0.3) is 0 Å². The fourth-order valence-electron chi connectivity index (χ4n) is 5.94. The number of fused-ring (bicyclic) bond motifs is 1. The molecular formula is C25H39N3O6. The number of methoxy groups -OCH3 is 1. The number of nitrogens with zero attached hydrogens (tertiary/aromatic N) is 1. The number of esters is 1.